The molecule has 0 aliphatic rings. The lowest BCUT2D eigenvalue weighted by molar-refractivity contribution is 0.0932. The number of carbonyl (C=O) groups excluding carboxylic acids is 2. The quantitative estimate of drug-likeness (QED) is 0.320. The summed E-state index contributed by atoms with van der Waals surface area (Å²) >= 11 is 4.89. The summed E-state index contributed by atoms with van der Waals surface area (Å²) in [4.78, 5) is 23.7. The Morgan fingerprint density at radius 1 is 0.913 bits per heavy atom. The fraction of sp³-hybridized carbons (Fsp3) is 0. The van der Waals surface area contributed by atoms with Gasteiger partial charge in [0, 0.05) is 5.56 Å². The van der Waals surface area contributed by atoms with Crippen molar-refractivity contribution >= 4 is 29.1 Å². The predicted molar refractivity (Wildman–Crippen MR) is 86.9 cm³/mol. The second kappa shape index (κ2) is 7.23. The third-order valence-corrected chi connectivity index (χ3v) is 2.98. The van der Waals surface area contributed by atoms with Gasteiger partial charge in [-0.1, -0.05) is 18.2 Å². The summed E-state index contributed by atoms with van der Waals surface area (Å²) in [6.07, 6.45) is 0. The van der Waals surface area contributed by atoms with E-state index in [4.69, 9.17) is 12.2 Å². The molecule has 0 aliphatic heterocycles. The van der Waals surface area contributed by atoms with Crippen LogP contribution in [0, 0.1) is 0 Å². The Bertz CT molecular complexity index is 750. The fourth-order valence-electron chi connectivity index (χ4n) is 1.68. The molecule has 7 nitrogen and oxygen atoms in total. The van der Waals surface area contributed by atoms with Gasteiger partial charge in [-0.2, -0.15) is 0 Å². The average molecular weight is 331 g/mol. The molecule has 0 heterocycles. The zero-order valence-corrected chi connectivity index (χ0v) is 12.6. The molecule has 0 atom stereocenters. The number of phenols is 2. The highest BCUT2D eigenvalue weighted by atomic mass is 32.1. The number of nitrogens with one attached hydrogen (secondary N) is 3. The first-order valence-corrected chi connectivity index (χ1v) is 6.87. The average Bonchev–Trinajstić information content (AvgIpc) is 2.55. The van der Waals surface area contributed by atoms with Crippen LogP contribution in [0.15, 0.2) is 48.5 Å². The highest BCUT2D eigenvalue weighted by Crippen LogP contribution is 2.21. The molecule has 5 N–H and O–H groups in total. The number of hydrogen-bond donors (Lipinski definition) is 5. The van der Waals surface area contributed by atoms with Gasteiger partial charge in [-0.3, -0.25) is 25.8 Å². The van der Waals surface area contributed by atoms with Crippen molar-refractivity contribution in [2.45, 2.75) is 0 Å². The van der Waals surface area contributed by atoms with E-state index in [0.29, 0.717) is 5.56 Å². The topological polar surface area (TPSA) is 111 Å². The minimum atomic E-state index is -0.727. The van der Waals surface area contributed by atoms with Crippen molar-refractivity contribution in [3.8, 4) is 11.5 Å². The molecule has 2 aromatic rings. The molecule has 0 radical (unpaired) electrons. The van der Waals surface area contributed by atoms with E-state index >= 15 is 0 Å². The third-order valence-electron chi connectivity index (χ3n) is 2.78. The van der Waals surface area contributed by atoms with Crippen molar-refractivity contribution in [2.75, 3.05) is 0 Å². The minimum absolute atomic E-state index is 0.119. The van der Waals surface area contributed by atoms with Crippen molar-refractivity contribution in [2.24, 2.45) is 0 Å². The fourth-order valence-corrected chi connectivity index (χ4v) is 1.83. The Morgan fingerprint density at radius 3 is 2.30 bits per heavy atom. The molecule has 2 amide bonds. The first kappa shape index (κ1) is 16.2. The van der Waals surface area contributed by atoms with E-state index in [9.17, 15) is 19.8 Å². The lowest BCUT2D eigenvalue weighted by atomic mass is 10.2. The molecule has 0 aliphatic carbocycles. The molecule has 0 saturated heterocycles. The number of hydrazine groups is 1. The molecule has 0 spiro atoms. The number of phenolic OH excluding ortho intramolecular Hbond substituents is 2. The first-order valence-electron chi connectivity index (χ1n) is 6.46. The summed E-state index contributed by atoms with van der Waals surface area (Å²) < 4.78 is 0. The maximum absolute atomic E-state index is 11.9. The van der Waals surface area contributed by atoms with Crippen molar-refractivity contribution < 1.29 is 19.8 Å². The molecular formula is C15H13N3O4S. The molecule has 2 aromatic carbocycles. The number of hydrogen-bond acceptors (Lipinski definition) is 5. The van der Waals surface area contributed by atoms with E-state index in [1.54, 1.807) is 30.3 Å². The number of rotatable bonds is 2. The van der Waals surface area contributed by atoms with Gasteiger partial charge in [-0.05, 0) is 42.5 Å². The smallest absolute Gasteiger partial charge is 0.273 e. The van der Waals surface area contributed by atoms with Gasteiger partial charge in [0.05, 0.1) is 5.56 Å². The summed E-state index contributed by atoms with van der Waals surface area (Å²) in [7, 11) is 0. The van der Waals surface area contributed by atoms with E-state index in [-0.39, 0.29) is 22.2 Å². The predicted octanol–water partition coefficient (Wildman–Crippen LogP) is 1.05. The Morgan fingerprint density at radius 2 is 1.61 bits per heavy atom. The van der Waals surface area contributed by atoms with E-state index in [0.717, 1.165) is 6.07 Å². The van der Waals surface area contributed by atoms with Gasteiger partial charge < -0.3 is 10.2 Å². The van der Waals surface area contributed by atoms with Crippen LogP contribution in [-0.4, -0.2) is 27.1 Å². The van der Waals surface area contributed by atoms with Gasteiger partial charge in [-0.25, -0.2) is 0 Å². The number of benzene rings is 2. The van der Waals surface area contributed by atoms with Gasteiger partial charge in [0.1, 0.15) is 11.5 Å². The van der Waals surface area contributed by atoms with Crippen molar-refractivity contribution in [3.63, 3.8) is 0 Å². The highest BCUT2D eigenvalue weighted by molar-refractivity contribution is 7.80. The Balaban J connectivity index is 1.90. The van der Waals surface area contributed by atoms with Crippen molar-refractivity contribution in [1.29, 1.82) is 0 Å². The van der Waals surface area contributed by atoms with Gasteiger partial charge in [-0.15, -0.1) is 0 Å². The van der Waals surface area contributed by atoms with Crippen LogP contribution in [0.1, 0.15) is 20.7 Å². The van der Waals surface area contributed by atoms with Crippen LogP contribution < -0.4 is 16.2 Å². The molecule has 8 heteroatoms. The molecule has 0 fully saturated rings. The summed E-state index contributed by atoms with van der Waals surface area (Å²) in [6, 6.07) is 11.9. The van der Waals surface area contributed by atoms with Gasteiger partial charge in [0.2, 0.25) is 0 Å². The summed E-state index contributed by atoms with van der Waals surface area (Å²) in [5, 5.41) is 21.1. The zero-order chi connectivity index (χ0) is 16.8. The van der Waals surface area contributed by atoms with Crippen LogP contribution in [0.2, 0.25) is 0 Å². The van der Waals surface area contributed by atoms with Crippen LogP contribution in [0.25, 0.3) is 0 Å². The lowest BCUT2D eigenvalue weighted by Gasteiger charge is -2.11. The lowest BCUT2D eigenvalue weighted by Crippen LogP contribution is -2.48. The Kier molecular flexibility index (Phi) is 5.11. The third kappa shape index (κ3) is 4.42. The molecule has 0 aromatic heterocycles. The molecule has 23 heavy (non-hydrogen) atoms. The van der Waals surface area contributed by atoms with E-state index < -0.39 is 11.8 Å². The Labute approximate surface area is 136 Å². The number of carbonyl (C=O) groups is 2. The Hall–Kier alpha value is -3.13. The summed E-state index contributed by atoms with van der Waals surface area (Å²) in [5.41, 5.74) is 4.81. The van der Waals surface area contributed by atoms with Crippen LogP contribution >= 0.6 is 12.2 Å². The van der Waals surface area contributed by atoms with E-state index in [1.165, 1.54) is 12.1 Å². The standard InChI is InChI=1S/C15H13N3O4S/c19-10-6-7-12(20)11(8-10)14(22)17-18-15(23)16-13(21)9-4-2-1-3-5-9/h1-8,19-20H,(H,17,22)(H2,16,18,21,23). The highest BCUT2D eigenvalue weighted by Gasteiger charge is 2.13. The first-order chi connectivity index (χ1) is 11.0. The monoisotopic (exact) mass is 331 g/mol. The van der Waals surface area contributed by atoms with Crippen LogP contribution in [0.3, 0.4) is 0 Å². The molecule has 0 unspecified atom stereocenters. The second-order valence-corrected chi connectivity index (χ2v) is 4.84. The summed E-state index contributed by atoms with van der Waals surface area (Å²) in [5.74, 6) is -1.64. The zero-order valence-electron chi connectivity index (χ0n) is 11.7. The largest absolute Gasteiger partial charge is 0.508 e. The second-order valence-electron chi connectivity index (χ2n) is 4.43. The normalized spacial score (nSPS) is 9.74. The van der Waals surface area contributed by atoms with Gasteiger partial charge in [0.25, 0.3) is 11.8 Å². The van der Waals surface area contributed by atoms with E-state index in [2.05, 4.69) is 16.2 Å². The maximum atomic E-state index is 11.9. The summed E-state index contributed by atoms with van der Waals surface area (Å²) in [6.45, 7) is 0. The number of amides is 2. The van der Waals surface area contributed by atoms with Crippen molar-refractivity contribution in [1.82, 2.24) is 16.2 Å². The van der Waals surface area contributed by atoms with E-state index in [1.807, 2.05) is 0 Å². The van der Waals surface area contributed by atoms with Crippen LogP contribution in [0.5, 0.6) is 11.5 Å². The van der Waals surface area contributed by atoms with Crippen LogP contribution in [0.4, 0.5) is 0 Å². The number of thiocarbonyl (C=S) groups is 1. The van der Waals surface area contributed by atoms with Gasteiger partial charge in [0.15, 0.2) is 5.11 Å². The molecule has 2 rings (SSSR count). The SMILES string of the molecule is O=C(NC(=S)NNC(=O)c1cc(O)ccc1O)c1ccccc1. The molecule has 0 bridgehead atoms. The molecule has 118 valence electrons. The van der Waals surface area contributed by atoms with Crippen LogP contribution in [-0.2, 0) is 0 Å². The number of aromatic hydroxyl groups is 2. The van der Waals surface area contributed by atoms with Crippen molar-refractivity contribution in [3.05, 3.63) is 59.7 Å². The maximum Gasteiger partial charge on any atom is 0.273 e. The molecule has 0 saturated carbocycles. The minimum Gasteiger partial charge on any atom is -0.508 e. The molecular weight excluding hydrogens is 318 g/mol. The van der Waals surface area contributed by atoms with Gasteiger partial charge >= 0.3 is 0 Å².